The van der Waals surface area contributed by atoms with Crippen molar-refractivity contribution in [1.82, 2.24) is 4.98 Å². The summed E-state index contributed by atoms with van der Waals surface area (Å²) in [4.78, 5) is 16.1. The predicted octanol–water partition coefficient (Wildman–Crippen LogP) is 5.78. The number of carbonyl (C=O) groups excluding carboxylic acids is 1. The summed E-state index contributed by atoms with van der Waals surface area (Å²) in [5, 5.41) is 0.598. The summed E-state index contributed by atoms with van der Waals surface area (Å²) >= 11 is 0. The zero-order valence-electron chi connectivity index (χ0n) is 16.2. The minimum atomic E-state index is -4.76. The molecule has 29 heavy (non-hydrogen) atoms. The summed E-state index contributed by atoms with van der Waals surface area (Å²) in [7, 11) is 0. The Morgan fingerprint density at radius 1 is 1.00 bits per heavy atom. The number of ether oxygens (including phenoxy) is 3. The number of aromatic nitrogens is 1. The van der Waals surface area contributed by atoms with Gasteiger partial charge in [0, 0.05) is 23.6 Å². The van der Waals surface area contributed by atoms with Crippen LogP contribution in [0.25, 0.3) is 10.9 Å². The second-order valence-electron chi connectivity index (χ2n) is 6.50. The molecule has 1 heterocycles. The molecule has 0 unspecified atom stereocenters. The Morgan fingerprint density at radius 3 is 2.21 bits per heavy atom. The van der Waals surface area contributed by atoms with Gasteiger partial charge in [-0.15, -0.1) is 13.2 Å². The van der Waals surface area contributed by atoms with Gasteiger partial charge >= 0.3 is 12.3 Å². The van der Waals surface area contributed by atoms with E-state index in [0.29, 0.717) is 28.2 Å². The Kier molecular flexibility index (Phi) is 5.37. The van der Waals surface area contributed by atoms with Gasteiger partial charge in [-0.1, -0.05) is 0 Å². The number of hydrogen-bond acceptors (Lipinski definition) is 5. The van der Waals surface area contributed by atoms with Gasteiger partial charge in [0.05, 0.1) is 5.52 Å². The highest BCUT2D eigenvalue weighted by Gasteiger charge is 2.31. The van der Waals surface area contributed by atoms with Crippen LogP contribution in [-0.4, -0.2) is 17.3 Å². The maximum atomic E-state index is 12.3. The standard InChI is InChI=1S/C21H18F3NO4/c1-11-9-18-17(20(27-14(4)26)12(2)13(3)25-18)10-19(11)28-15-5-7-16(8-6-15)29-21(22,23)24/h5-10H,1-4H3. The van der Waals surface area contributed by atoms with Crippen molar-refractivity contribution >= 4 is 16.9 Å². The van der Waals surface area contributed by atoms with E-state index in [-0.39, 0.29) is 5.75 Å². The molecule has 0 saturated carbocycles. The minimum Gasteiger partial charge on any atom is -0.457 e. The van der Waals surface area contributed by atoms with E-state index in [0.717, 1.165) is 16.8 Å². The lowest BCUT2D eigenvalue weighted by molar-refractivity contribution is -0.274. The second kappa shape index (κ2) is 7.62. The fourth-order valence-electron chi connectivity index (χ4n) is 2.80. The number of alkyl halides is 3. The third-order valence-corrected chi connectivity index (χ3v) is 4.24. The van der Waals surface area contributed by atoms with Gasteiger partial charge in [-0.25, -0.2) is 0 Å². The van der Waals surface area contributed by atoms with E-state index in [1.165, 1.54) is 31.2 Å². The predicted molar refractivity (Wildman–Crippen MR) is 100 cm³/mol. The van der Waals surface area contributed by atoms with E-state index < -0.39 is 12.3 Å². The molecule has 0 aliphatic rings. The number of aryl methyl sites for hydroxylation is 2. The van der Waals surface area contributed by atoms with E-state index in [1.807, 2.05) is 13.8 Å². The molecular formula is C21H18F3NO4. The van der Waals surface area contributed by atoms with E-state index in [9.17, 15) is 18.0 Å². The third-order valence-electron chi connectivity index (χ3n) is 4.24. The maximum absolute atomic E-state index is 12.3. The van der Waals surface area contributed by atoms with Crippen molar-refractivity contribution in [1.29, 1.82) is 0 Å². The van der Waals surface area contributed by atoms with Crippen LogP contribution < -0.4 is 14.2 Å². The highest BCUT2D eigenvalue weighted by molar-refractivity contribution is 5.91. The van der Waals surface area contributed by atoms with E-state index >= 15 is 0 Å². The Morgan fingerprint density at radius 2 is 1.62 bits per heavy atom. The molecule has 0 atom stereocenters. The molecule has 0 bridgehead atoms. The van der Waals surface area contributed by atoms with Gasteiger partial charge in [-0.3, -0.25) is 9.78 Å². The van der Waals surface area contributed by atoms with Gasteiger partial charge in [0.1, 0.15) is 23.0 Å². The topological polar surface area (TPSA) is 57.7 Å². The molecule has 5 nitrogen and oxygen atoms in total. The number of carbonyl (C=O) groups is 1. The summed E-state index contributed by atoms with van der Waals surface area (Å²) in [5.74, 6) is 0.392. The van der Waals surface area contributed by atoms with Crippen LogP contribution in [0.15, 0.2) is 36.4 Å². The molecule has 0 fully saturated rings. The average Bonchev–Trinajstić information content (AvgIpc) is 2.60. The van der Waals surface area contributed by atoms with Crippen LogP contribution in [0.1, 0.15) is 23.7 Å². The van der Waals surface area contributed by atoms with Crippen LogP contribution in [0.4, 0.5) is 13.2 Å². The van der Waals surface area contributed by atoms with Gasteiger partial charge in [-0.2, -0.15) is 0 Å². The van der Waals surface area contributed by atoms with E-state index in [2.05, 4.69) is 9.72 Å². The summed E-state index contributed by atoms with van der Waals surface area (Å²) < 4.78 is 51.9. The average molecular weight is 405 g/mol. The molecule has 0 spiro atoms. The van der Waals surface area contributed by atoms with E-state index in [1.54, 1.807) is 19.1 Å². The lowest BCUT2D eigenvalue weighted by Crippen LogP contribution is -2.16. The summed E-state index contributed by atoms with van der Waals surface area (Å²) in [5.41, 5.74) is 2.87. The minimum absolute atomic E-state index is 0.327. The molecule has 152 valence electrons. The fourth-order valence-corrected chi connectivity index (χ4v) is 2.80. The zero-order valence-corrected chi connectivity index (χ0v) is 16.2. The Balaban J connectivity index is 1.98. The highest BCUT2D eigenvalue weighted by atomic mass is 19.4. The molecule has 0 amide bonds. The molecule has 0 saturated heterocycles. The van der Waals surface area contributed by atoms with E-state index in [4.69, 9.17) is 9.47 Å². The van der Waals surface area contributed by atoms with Crippen molar-refractivity contribution in [2.45, 2.75) is 34.1 Å². The maximum Gasteiger partial charge on any atom is 0.573 e. The largest absolute Gasteiger partial charge is 0.573 e. The van der Waals surface area contributed by atoms with Crippen LogP contribution in [0, 0.1) is 20.8 Å². The van der Waals surface area contributed by atoms with Crippen LogP contribution >= 0.6 is 0 Å². The number of fused-ring (bicyclic) bond motifs is 1. The molecule has 1 aromatic heterocycles. The number of halogens is 3. The Hall–Kier alpha value is -3.29. The molecule has 2 aromatic carbocycles. The molecule has 3 aromatic rings. The van der Waals surface area contributed by atoms with Gasteiger partial charge in [-0.05, 0) is 62.7 Å². The SMILES string of the molecule is CC(=O)Oc1c(C)c(C)nc2cc(C)c(Oc3ccc(OC(F)(F)F)cc3)cc12. The Bertz CT molecular complexity index is 1080. The van der Waals surface area contributed by atoms with Crippen LogP contribution in [0.2, 0.25) is 0 Å². The second-order valence-corrected chi connectivity index (χ2v) is 6.50. The van der Waals surface area contributed by atoms with Crippen molar-refractivity contribution in [2.75, 3.05) is 0 Å². The first-order chi connectivity index (χ1) is 13.5. The van der Waals surface area contributed by atoms with Crippen LogP contribution in [0.3, 0.4) is 0 Å². The molecule has 0 radical (unpaired) electrons. The zero-order chi connectivity index (χ0) is 21.3. The molecule has 0 aliphatic heterocycles. The normalized spacial score (nSPS) is 11.4. The number of nitrogens with zero attached hydrogens (tertiary/aromatic N) is 1. The smallest absolute Gasteiger partial charge is 0.457 e. The van der Waals surface area contributed by atoms with Crippen molar-refractivity contribution in [3.05, 3.63) is 53.2 Å². The molecule has 8 heteroatoms. The lowest BCUT2D eigenvalue weighted by Gasteiger charge is -2.15. The van der Waals surface area contributed by atoms with Crippen molar-refractivity contribution in [3.8, 4) is 23.0 Å². The van der Waals surface area contributed by atoms with Gasteiger partial charge < -0.3 is 14.2 Å². The molecular weight excluding hydrogens is 387 g/mol. The quantitative estimate of drug-likeness (QED) is 0.515. The number of benzene rings is 2. The number of esters is 1. The summed E-state index contributed by atoms with van der Waals surface area (Å²) in [6.45, 7) is 6.77. The Labute approximate surface area is 165 Å². The molecule has 0 aliphatic carbocycles. The number of pyridine rings is 1. The summed E-state index contributed by atoms with van der Waals surface area (Å²) in [6.07, 6.45) is -4.76. The van der Waals surface area contributed by atoms with Crippen LogP contribution in [0.5, 0.6) is 23.0 Å². The molecule has 0 N–H and O–H groups in total. The lowest BCUT2D eigenvalue weighted by atomic mass is 10.1. The van der Waals surface area contributed by atoms with Crippen molar-refractivity contribution in [3.63, 3.8) is 0 Å². The number of hydrogen-bond donors (Lipinski definition) is 0. The first-order valence-electron chi connectivity index (χ1n) is 8.67. The molecule has 3 rings (SSSR count). The number of rotatable bonds is 4. The van der Waals surface area contributed by atoms with Crippen molar-refractivity contribution in [2.24, 2.45) is 0 Å². The van der Waals surface area contributed by atoms with Crippen LogP contribution in [-0.2, 0) is 4.79 Å². The van der Waals surface area contributed by atoms with Gasteiger partial charge in [0.25, 0.3) is 0 Å². The van der Waals surface area contributed by atoms with Gasteiger partial charge in [0.15, 0.2) is 0 Å². The first-order valence-corrected chi connectivity index (χ1v) is 8.67. The third kappa shape index (κ3) is 4.77. The monoisotopic (exact) mass is 405 g/mol. The van der Waals surface area contributed by atoms with Gasteiger partial charge in [0.2, 0.25) is 0 Å². The van der Waals surface area contributed by atoms with Crippen molar-refractivity contribution < 1.29 is 32.2 Å². The highest BCUT2D eigenvalue weighted by Crippen LogP contribution is 2.36. The fraction of sp³-hybridized carbons (Fsp3) is 0.238. The summed E-state index contributed by atoms with van der Waals surface area (Å²) in [6, 6.07) is 8.57. The first kappa shape index (κ1) is 20.4.